The fraction of sp³-hybridized carbons (Fsp3) is 0.789. The van der Waals surface area contributed by atoms with Crippen LogP contribution >= 0.6 is 0 Å². The predicted molar refractivity (Wildman–Crippen MR) is 101 cm³/mol. The zero-order valence-corrected chi connectivity index (χ0v) is 16.8. The Balaban J connectivity index is 2.40. The summed E-state index contributed by atoms with van der Waals surface area (Å²) in [4.78, 5) is 52.5. The van der Waals surface area contributed by atoms with Gasteiger partial charge in [-0.3, -0.25) is 19.2 Å². The molecule has 0 saturated carbocycles. The molecular formula is C19H33N3O5. The minimum absolute atomic E-state index is 0.0254. The lowest BCUT2D eigenvalue weighted by Crippen LogP contribution is -2.45. The van der Waals surface area contributed by atoms with Gasteiger partial charge in [0.1, 0.15) is 0 Å². The van der Waals surface area contributed by atoms with Crippen LogP contribution in [0.1, 0.15) is 52.4 Å². The maximum Gasteiger partial charge on any atom is 0.306 e. The van der Waals surface area contributed by atoms with E-state index in [1.807, 2.05) is 13.8 Å². The molecule has 0 atom stereocenters. The second-order valence-corrected chi connectivity index (χ2v) is 7.12. The summed E-state index contributed by atoms with van der Waals surface area (Å²) in [6, 6.07) is 0. The molecule has 1 saturated heterocycles. The van der Waals surface area contributed by atoms with Crippen molar-refractivity contribution < 1.29 is 24.3 Å². The Hall–Kier alpha value is -2.12. The molecule has 1 rings (SSSR count). The molecule has 8 nitrogen and oxygen atoms in total. The summed E-state index contributed by atoms with van der Waals surface area (Å²) in [7, 11) is 1.56. The van der Waals surface area contributed by atoms with E-state index in [4.69, 9.17) is 5.11 Å². The fourth-order valence-electron chi connectivity index (χ4n) is 3.23. The average molecular weight is 383 g/mol. The Bertz CT molecular complexity index is 523. The van der Waals surface area contributed by atoms with Gasteiger partial charge in [0.2, 0.25) is 17.7 Å². The van der Waals surface area contributed by atoms with Crippen LogP contribution in [0.4, 0.5) is 0 Å². The topological polar surface area (TPSA) is 98.2 Å². The van der Waals surface area contributed by atoms with Crippen LogP contribution in [0.5, 0.6) is 0 Å². The Morgan fingerprint density at radius 2 is 1.48 bits per heavy atom. The molecule has 0 radical (unpaired) electrons. The van der Waals surface area contributed by atoms with Crippen LogP contribution in [0.2, 0.25) is 0 Å². The van der Waals surface area contributed by atoms with Gasteiger partial charge in [-0.15, -0.1) is 0 Å². The van der Waals surface area contributed by atoms with Gasteiger partial charge in [0, 0.05) is 46.1 Å². The van der Waals surface area contributed by atoms with Gasteiger partial charge < -0.3 is 19.8 Å². The number of nitrogens with zero attached hydrogens (tertiary/aromatic N) is 3. The maximum absolute atomic E-state index is 12.3. The molecule has 1 fully saturated rings. The van der Waals surface area contributed by atoms with E-state index < -0.39 is 11.9 Å². The number of likely N-dealkylation sites (N-methyl/N-ethyl adjacent to an activating group) is 1. The van der Waals surface area contributed by atoms with Crippen LogP contribution in [-0.4, -0.2) is 83.3 Å². The lowest BCUT2D eigenvalue weighted by Gasteiger charge is -2.31. The molecule has 1 aliphatic rings. The van der Waals surface area contributed by atoms with Crippen molar-refractivity contribution in [3.8, 4) is 0 Å². The van der Waals surface area contributed by atoms with E-state index in [0.29, 0.717) is 39.0 Å². The van der Waals surface area contributed by atoms with Crippen LogP contribution in [0.15, 0.2) is 0 Å². The lowest BCUT2D eigenvalue weighted by atomic mass is 9.97. The summed E-state index contributed by atoms with van der Waals surface area (Å²) < 4.78 is 0. The van der Waals surface area contributed by atoms with Crippen molar-refractivity contribution in [2.75, 3.05) is 39.8 Å². The lowest BCUT2D eigenvalue weighted by molar-refractivity contribution is -0.146. The highest BCUT2D eigenvalue weighted by atomic mass is 16.4. The standard InChI is InChI=1S/C19H33N3O5/c1-4-10-21(11-5-2)17(24)7-6-16(23)20(3)14-18(25)22-12-8-15(9-13-22)19(26)27/h15H,4-14H2,1-3H3,(H,26,27). The third-order valence-electron chi connectivity index (χ3n) is 4.89. The third-order valence-corrected chi connectivity index (χ3v) is 4.89. The minimum atomic E-state index is -0.820. The number of hydrogen-bond donors (Lipinski definition) is 1. The number of carboxylic acids is 1. The molecule has 1 heterocycles. The summed E-state index contributed by atoms with van der Waals surface area (Å²) in [5.74, 6) is -1.65. The number of carbonyl (C=O) groups excluding carboxylic acids is 3. The van der Waals surface area contributed by atoms with Crippen LogP contribution in [0.3, 0.4) is 0 Å². The monoisotopic (exact) mass is 383 g/mol. The second kappa shape index (κ2) is 11.6. The summed E-state index contributed by atoms with van der Waals surface area (Å²) in [5, 5.41) is 9.00. The fourth-order valence-corrected chi connectivity index (χ4v) is 3.23. The van der Waals surface area contributed by atoms with Crippen LogP contribution < -0.4 is 0 Å². The summed E-state index contributed by atoms with van der Waals surface area (Å²) in [5.41, 5.74) is 0. The van der Waals surface area contributed by atoms with Crippen molar-refractivity contribution in [2.45, 2.75) is 52.4 Å². The van der Waals surface area contributed by atoms with E-state index in [1.165, 1.54) is 4.90 Å². The first kappa shape index (κ1) is 22.9. The van der Waals surface area contributed by atoms with Gasteiger partial charge >= 0.3 is 5.97 Å². The maximum atomic E-state index is 12.3. The number of amides is 3. The van der Waals surface area contributed by atoms with Crippen LogP contribution in [0, 0.1) is 5.92 Å². The average Bonchev–Trinajstić information content (AvgIpc) is 2.65. The Morgan fingerprint density at radius 1 is 0.963 bits per heavy atom. The van der Waals surface area contributed by atoms with E-state index in [0.717, 1.165) is 12.8 Å². The van der Waals surface area contributed by atoms with E-state index in [9.17, 15) is 19.2 Å². The summed E-state index contributed by atoms with van der Waals surface area (Å²) >= 11 is 0. The highest BCUT2D eigenvalue weighted by Crippen LogP contribution is 2.17. The van der Waals surface area contributed by atoms with Crippen molar-refractivity contribution in [1.82, 2.24) is 14.7 Å². The van der Waals surface area contributed by atoms with Gasteiger partial charge in [0.05, 0.1) is 12.5 Å². The van der Waals surface area contributed by atoms with Crippen molar-refractivity contribution in [2.24, 2.45) is 5.92 Å². The molecule has 0 aromatic heterocycles. The van der Waals surface area contributed by atoms with Gasteiger partial charge in [-0.05, 0) is 25.7 Å². The molecule has 1 N–H and O–H groups in total. The zero-order chi connectivity index (χ0) is 20.4. The van der Waals surface area contributed by atoms with Gasteiger partial charge in [-0.25, -0.2) is 0 Å². The second-order valence-electron chi connectivity index (χ2n) is 7.12. The molecule has 0 bridgehead atoms. The number of rotatable bonds is 10. The van der Waals surface area contributed by atoms with Crippen molar-refractivity contribution in [3.63, 3.8) is 0 Å². The molecule has 0 unspecified atom stereocenters. The molecule has 3 amide bonds. The largest absolute Gasteiger partial charge is 0.481 e. The van der Waals surface area contributed by atoms with Gasteiger partial charge in [0.15, 0.2) is 0 Å². The molecule has 1 aliphatic heterocycles. The van der Waals surface area contributed by atoms with Crippen molar-refractivity contribution in [3.05, 3.63) is 0 Å². The number of likely N-dealkylation sites (tertiary alicyclic amines) is 1. The van der Waals surface area contributed by atoms with E-state index in [1.54, 1.807) is 16.8 Å². The molecule has 0 aliphatic carbocycles. The minimum Gasteiger partial charge on any atom is -0.481 e. The number of hydrogen-bond acceptors (Lipinski definition) is 4. The Labute approximate surface area is 161 Å². The molecule has 0 aromatic carbocycles. The van der Waals surface area contributed by atoms with Gasteiger partial charge in [-0.1, -0.05) is 13.8 Å². The summed E-state index contributed by atoms with van der Waals surface area (Å²) in [6.07, 6.45) is 2.89. The number of aliphatic carboxylic acids is 1. The molecule has 27 heavy (non-hydrogen) atoms. The highest BCUT2D eigenvalue weighted by molar-refractivity contribution is 5.87. The number of carboxylic acid groups (broad SMARTS) is 1. The molecule has 0 aromatic rings. The smallest absolute Gasteiger partial charge is 0.306 e. The number of piperidine rings is 1. The normalized spacial score (nSPS) is 14.7. The van der Waals surface area contributed by atoms with Crippen LogP contribution in [-0.2, 0) is 19.2 Å². The van der Waals surface area contributed by atoms with E-state index in [2.05, 4.69) is 0 Å². The summed E-state index contributed by atoms with van der Waals surface area (Å²) in [6.45, 7) is 6.18. The first-order valence-electron chi connectivity index (χ1n) is 9.82. The van der Waals surface area contributed by atoms with Gasteiger partial charge in [-0.2, -0.15) is 0 Å². The molecular weight excluding hydrogens is 350 g/mol. The number of carbonyl (C=O) groups is 4. The Morgan fingerprint density at radius 3 is 1.96 bits per heavy atom. The Kier molecular flexibility index (Phi) is 9.82. The van der Waals surface area contributed by atoms with E-state index in [-0.39, 0.29) is 37.1 Å². The highest BCUT2D eigenvalue weighted by Gasteiger charge is 2.28. The zero-order valence-electron chi connectivity index (χ0n) is 16.8. The predicted octanol–water partition coefficient (Wildman–Crippen LogP) is 1.20. The van der Waals surface area contributed by atoms with Crippen molar-refractivity contribution in [1.29, 1.82) is 0 Å². The third kappa shape index (κ3) is 7.56. The molecule has 0 spiro atoms. The van der Waals surface area contributed by atoms with E-state index >= 15 is 0 Å². The first-order valence-corrected chi connectivity index (χ1v) is 9.82. The molecule has 8 heteroatoms. The first-order chi connectivity index (χ1) is 12.8. The SMILES string of the molecule is CCCN(CCC)C(=O)CCC(=O)N(C)CC(=O)N1CCC(C(=O)O)CC1. The molecule has 154 valence electrons. The quantitative estimate of drug-likeness (QED) is 0.611. The van der Waals surface area contributed by atoms with Crippen molar-refractivity contribution >= 4 is 23.7 Å². The van der Waals surface area contributed by atoms with Gasteiger partial charge in [0.25, 0.3) is 0 Å². The van der Waals surface area contributed by atoms with Crippen LogP contribution in [0.25, 0.3) is 0 Å².